The Morgan fingerprint density at radius 3 is 1.08 bits per heavy atom. The summed E-state index contributed by atoms with van der Waals surface area (Å²) in [5, 5.41) is 12.5. The minimum Gasteiger partial charge on any atom is -0.453 e. The van der Waals surface area contributed by atoms with Crippen molar-refractivity contribution in [1.82, 2.24) is 0 Å². The van der Waals surface area contributed by atoms with E-state index >= 15 is 0 Å². The first-order chi connectivity index (χ1) is 44.0. The summed E-state index contributed by atoms with van der Waals surface area (Å²) in [6.45, 7) is 18.2. The smallest absolute Gasteiger partial charge is 0.159 e. The van der Waals surface area contributed by atoms with E-state index in [0.717, 1.165) is 77.8 Å². The fourth-order valence-electron chi connectivity index (χ4n) is 16.3. The van der Waals surface area contributed by atoms with Gasteiger partial charge in [-0.3, -0.25) is 0 Å². The average molecular weight is 1170 g/mol. The highest BCUT2D eigenvalue weighted by molar-refractivity contribution is 6.30. The van der Waals surface area contributed by atoms with Gasteiger partial charge in [0.2, 0.25) is 0 Å². The largest absolute Gasteiger partial charge is 0.453 e. The van der Waals surface area contributed by atoms with E-state index in [1.165, 1.54) is 164 Å². The third-order valence-corrected chi connectivity index (χ3v) is 21.2. The van der Waals surface area contributed by atoms with E-state index < -0.39 is 0 Å². The fourth-order valence-corrected chi connectivity index (χ4v) is 16.3. The Kier molecular flexibility index (Phi) is 14.0. The minimum atomic E-state index is 0.354. The highest BCUT2D eigenvalue weighted by atomic mass is 16.3. The molecule has 0 unspecified atom stereocenters. The maximum Gasteiger partial charge on any atom is 0.159 e. The summed E-state index contributed by atoms with van der Waals surface area (Å²) in [5.41, 5.74) is 25.7. The van der Waals surface area contributed by atoms with E-state index in [1.807, 2.05) is 0 Å². The summed E-state index contributed by atoms with van der Waals surface area (Å²) >= 11 is 0. The molecule has 12 aromatic carbocycles. The molecule has 14 aromatic rings. The lowest BCUT2D eigenvalue weighted by atomic mass is 9.77. The summed E-state index contributed by atoms with van der Waals surface area (Å²) in [4.78, 5) is 5.16. The van der Waals surface area contributed by atoms with Gasteiger partial charge in [-0.2, -0.15) is 0 Å². The van der Waals surface area contributed by atoms with Gasteiger partial charge in [-0.25, -0.2) is 0 Å². The van der Waals surface area contributed by atoms with Gasteiger partial charge in [-0.05, 0) is 203 Å². The van der Waals surface area contributed by atoms with Crippen molar-refractivity contribution in [2.75, 3.05) is 9.80 Å². The molecule has 2 heterocycles. The Labute approximate surface area is 530 Å². The quantitative estimate of drug-likeness (QED) is 0.114. The summed E-state index contributed by atoms with van der Waals surface area (Å²) in [6, 6.07) is 74.3. The summed E-state index contributed by atoms with van der Waals surface area (Å²) < 4.78 is 15.0. The van der Waals surface area contributed by atoms with Gasteiger partial charge in [0.05, 0.1) is 22.7 Å². The molecule has 90 heavy (non-hydrogen) atoms. The normalized spacial score (nSPS) is 14.6. The number of benzene rings is 12. The standard InChI is InChI=1S/C86H80N2O2/c1-51(2)61-27-15-17-29-63(61)67-31-19-33-69-71-35-21-37-77(85(71)89-83(67)69)87(59-41-39-53(5)55(7)47-59)79-49-75(57-23-11-9-12-24-57)65-44-46-74-80(50-76(58-25-13-10-14-26-58)66-43-45-73(79)81(65)82(66)74)88(60-42-40-54(6)56(8)48-60)78-38-22-36-72-70-34-20-32-68(84(70)90-86(72)78)64-30-18-16-28-62(64)52(3)4/h15-22,27-52,57-58H,9-14,23-26H2,1-8H3. The number of rotatable bonds is 12. The zero-order valence-corrected chi connectivity index (χ0v) is 53.6. The predicted octanol–water partition coefficient (Wildman–Crippen LogP) is 26.2. The lowest BCUT2D eigenvalue weighted by molar-refractivity contribution is 0.445. The van der Waals surface area contributed by atoms with E-state index in [1.54, 1.807) is 0 Å². The van der Waals surface area contributed by atoms with Crippen molar-refractivity contribution in [2.45, 2.75) is 143 Å². The second-order valence-electron chi connectivity index (χ2n) is 27.3. The van der Waals surface area contributed by atoms with Crippen LogP contribution in [0.4, 0.5) is 34.1 Å². The van der Waals surface area contributed by atoms with Crippen LogP contribution in [0, 0.1) is 27.7 Å². The molecular formula is C86H80N2O2. The molecule has 2 aliphatic rings. The molecule has 4 heteroatoms. The molecule has 0 spiro atoms. The third kappa shape index (κ3) is 9.13. The molecule has 4 nitrogen and oxygen atoms in total. The first-order valence-electron chi connectivity index (χ1n) is 33.6. The van der Waals surface area contributed by atoms with Gasteiger partial charge in [-0.15, -0.1) is 0 Å². The maximum atomic E-state index is 7.52. The summed E-state index contributed by atoms with van der Waals surface area (Å²) in [6.07, 6.45) is 12.2. The van der Waals surface area contributed by atoms with Gasteiger partial charge in [0, 0.05) is 54.8 Å². The second-order valence-corrected chi connectivity index (χ2v) is 27.3. The van der Waals surface area contributed by atoms with Crippen LogP contribution in [0.25, 0.3) is 98.4 Å². The van der Waals surface area contributed by atoms with E-state index in [-0.39, 0.29) is 0 Å². The molecule has 0 radical (unpaired) electrons. The Morgan fingerprint density at radius 2 is 0.678 bits per heavy atom. The van der Waals surface area contributed by atoms with Crippen LogP contribution in [0.2, 0.25) is 0 Å². The topological polar surface area (TPSA) is 32.8 Å². The first-order valence-corrected chi connectivity index (χ1v) is 33.6. The van der Waals surface area contributed by atoms with Crippen LogP contribution >= 0.6 is 0 Å². The van der Waals surface area contributed by atoms with E-state index in [0.29, 0.717) is 23.7 Å². The van der Waals surface area contributed by atoms with Crippen LogP contribution in [0.5, 0.6) is 0 Å². The molecule has 2 saturated carbocycles. The van der Waals surface area contributed by atoms with Crippen molar-refractivity contribution in [2.24, 2.45) is 0 Å². The molecule has 2 aromatic heterocycles. The fraction of sp³-hybridized carbons (Fsp3) is 0.256. The molecule has 0 amide bonds. The van der Waals surface area contributed by atoms with Crippen LogP contribution < -0.4 is 9.80 Å². The first kappa shape index (κ1) is 56.1. The van der Waals surface area contributed by atoms with Crippen molar-refractivity contribution in [3.8, 4) is 22.3 Å². The number of furan rings is 2. The Morgan fingerprint density at radius 1 is 0.311 bits per heavy atom. The molecule has 0 atom stereocenters. The Hall–Kier alpha value is -9.12. The SMILES string of the molecule is Cc1ccc(N(c2cc(C3CCCCC3)c3ccc4c(N(c5ccc(C)c(C)c5)c5cccc6c5oc5c(-c7ccccc7C(C)C)cccc56)cc(C5CCCCC5)c5ccc2c3c54)c2cccc3c2oc2c(-c4ccccc4C(C)C)cccc23)cc1C. The van der Waals surface area contributed by atoms with Gasteiger partial charge in [0.1, 0.15) is 11.2 Å². The van der Waals surface area contributed by atoms with Crippen LogP contribution in [0.15, 0.2) is 203 Å². The van der Waals surface area contributed by atoms with Gasteiger partial charge in [-0.1, -0.05) is 212 Å². The second kappa shape index (κ2) is 22.4. The van der Waals surface area contributed by atoms with Gasteiger partial charge in [0.25, 0.3) is 0 Å². The van der Waals surface area contributed by atoms with Crippen molar-refractivity contribution in [3.63, 3.8) is 0 Å². The number of anilines is 6. The number of nitrogens with zero attached hydrogens (tertiary/aromatic N) is 2. The van der Waals surface area contributed by atoms with Crippen LogP contribution in [-0.2, 0) is 0 Å². The summed E-state index contributed by atoms with van der Waals surface area (Å²) in [5.74, 6) is 1.54. The zero-order chi connectivity index (χ0) is 61.1. The lowest BCUT2D eigenvalue weighted by Crippen LogP contribution is -2.15. The maximum absolute atomic E-state index is 7.52. The van der Waals surface area contributed by atoms with Crippen LogP contribution in [0.1, 0.15) is 160 Å². The molecule has 0 bridgehead atoms. The van der Waals surface area contributed by atoms with E-state index in [9.17, 15) is 0 Å². The van der Waals surface area contributed by atoms with Crippen LogP contribution in [-0.4, -0.2) is 0 Å². The highest BCUT2D eigenvalue weighted by Crippen LogP contribution is 2.56. The molecule has 0 saturated heterocycles. The molecule has 16 rings (SSSR count). The lowest BCUT2D eigenvalue weighted by Gasteiger charge is -2.33. The zero-order valence-electron chi connectivity index (χ0n) is 53.6. The molecule has 0 N–H and O–H groups in total. The molecular weight excluding hydrogens is 1090 g/mol. The number of fused-ring (bicyclic) bond motifs is 6. The number of aryl methyl sites for hydroxylation is 4. The van der Waals surface area contributed by atoms with E-state index in [2.05, 4.69) is 259 Å². The van der Waals surface area contributed by atoms with Crippen molar-refractivity contribution >= 4 is 110 Å². The highest BCUT2D eigenvalue weighted by Gasteiger charge is 2.32. The Bertz CT molecular complexity index is 4790. The molecule has 446 valence electrons. The molecule has 2 aliphatic carbocycles. The minimum absolute atomic E-state index is 0.354. The number of hydrogen-bond donors (Lipinski definition) is 0. The average Bonchev–Trinajstić information content (AvgIpc) is 0.721. The van der Waals surface area contributed by atoms with Gasteiger partial charge >= 0.3 is 0 Å². The Balaban J connectivity index is 1.01. The molecule has 2 fully saturated rings. The third-order valence-electron chi connectivity index (χ3n) is 21.2. The van der Waals surface area contributed by atoms with Gasteiger partial charge in [0.15, 0.2) is 11.2 Å². The predicted molar refractivity (Wildman–Crippen MR) is 384 cm³/mol. The van der Waals surface area contributed by atoms with Crippen molar-refractivity contribution in [1.29, 1.82) is 0 Å². The number of hydrogen-bond acceptors (Lipinski definition) is 4. The summed E-state index contributed by atoms with van der Waals surface area (Å²) in [7, 11) is 0. The molecule has 0 aliphatic heterocycles. The van der Waals surface area contributed by atoms with Gasteiger partial charge < -0.3 is 18.6 Å². The van der Waals surface area contributed by atoms with Crippen molar-refractivity contribution < 1.29 is 8.83 Å². The number of para-hydroxylation sites is 4. The van der Waals surface area contributed by atoms with Crippen molar-refractivity contribution in [3.05, 3.63) is 239 Å². The van der Waals surface area contributed by atoms with Crippen LogP contribution in [0.3, 0.4) is 0 Å². The monoisotopic (exact) mass is 1170 g/mol. The van der Waals surface area contributed by atoms with E-state index in [4.69, 9.17) is 8.83 Å².